The van der Waals surface area contributed by atoms with Crippen LogP contribution in [0.3, 0.4) is 0 Å². The van der Waals surface area contributed by atoms with Gasteiger partial charge in [-0.2, -0.15) is 0 Å². The van der Waals surface area contributed by atoms with Gasteiger partial charge in [0.05, 0.1) is 4.92 Å². The molecule has 2 aromatic heterocycles. The predicted molar refractivity (Wildman–Crippen MR) is 95.8 cm³/mol. The van der Waals surface area contributed by atoms with Gasteiger partial charge in [0.1, 0.15) is 0 Å². The maximum absolute atomic E-state index is 11.5. The number of aromatic nitrogens is 2. The van der Waals surface area contributed by atoms with Crippen LogP contribution in [0.4, 0.5) is 5.69 Å². The summed E-state index contributed by atoms with van der Waals surface area (Å²) in [5, 5.41) is 16.4. The molecular weight excluding hydrogens is 318 g/mol. The Morgan fingerprint density at radius 2 is 1.80 bits per heavy atom. The lowest BCUT2D eigenvalue weighted by molar-refractivity contribution is -0.384. The Bertz CT molecular complexity index is 1040. The number of fused-ring (bicyclic) bond motifs is 1. The van der Waals surface area contributed by atoms with Gasteiger partial charge in [-0.25, -0.2) is 0 Å². The standard InChI is InChI=1S/C19H13N3O3/c23-22(24)19-17(25-21-18(19)13-6-2-1-3-7-13)11-10-15-12-14-8-4-5-9-16(14)20-15/h1-12,20H/b11-10+. The molecule has 0 aliphatic heterocycles. The van der Waals surface area contributed by atoms with Crippen molar-refractivity contribution in [3.63, 3.8) is 0 Å². The molecule has 6 nitrogen and oxygen atoms in total. The fraction of sp³-hybridized carbons (Fsp3) is 0. The maximum atomic E-state index is 11.5. The quantitative estimate of drug-likeness (QED) is 0.425. The monoisotopic (exact) mass is 331 g/mol. The smallest absolute Gasteiger partial charge is 0.343 e. The Morgan fingerprint density at radius 1 is 1.04 bits per heavy atom. The Kier molecular flexibility index (Phi) is 3.63. The van der Waals surface area contributed by atoms with Crippen LogP contribution in [-0.2, 0) is 0 Å². The minimum Gasteiger partial charge on any atom is -0.355 e. The molecule has 25 heavy (non-hydrogen) atoms. The number of nitrogens with zero attached hydrogens (tertiary/aromatic N) is 2. The minimum atomic E-state index is -0.469. The highest BCUT2D eigenvalue weighted by Gasteiger charge is 2.26. The van der Waals surface area contributed by atoms with Gasteiger partial charge in [0, 0.05) is 16.8 Å². The fourth-order valence-corrected chi connectivity index (χ4v) is 2.72. The average molecular weight is 331 g/mol. The van der Waals surface area contributed by atoms with E-state index in [1.165, 1.54) is 0 Å². The second-order valence-corrected chi connectivity index (χ2v) is 5.51. The van der Waals surface area contributed by atoms with Gasteiger partial charge in [-0.05, 0) is 29.7 Å². The van der Waals surface area contributed by atoms with E-state index in [9.17, 15) is 10.1 Å². The van der Waals surface area contributed by atoms with E-state index < -0.39 is 4.92 Å². The SMILES string of the molecule is O=[N+]([O-])c1c(-c2ccccc2)noc1/C=C/c1cc2ccccc2[nH]1. The Hall–Kier alpha value is -3.67. The van der Waals surface area contributed by atoms with Crippen molar-refractivity contribution in [3.8, 4) is 11.3 Å². The molecular formula is C19H13N3O3. The van der Waals surface area contributed by atoms with Gasteiger partial charge in [0.15, 0.2) is 5.69 Å². The molecule has 0 fully saturated rings. The van der Waals surface area contributed by atoms with Crippen LogP contribution in [0.5, 0.6) is 0 Å². The molecule has 0 amide bonds. The molecule has 0 saturated heterocycles. The zero-order valence-corrected chi connectivity index (χ0v) is 13.0. The molecule has 0 unspecified atom stereocenters. The summed E-state index contributed by atoms with van der Waals surface area (Å²) in [5.41, 5.74) is 2.55. The maximum Gasteiger partial charge on any atom is 0.343 e. The van der Waals surface area contributed by atoms with Crippen LogP contribution >= 0.6 is 0 Å². The summed E-state index contributed by atoms with van der Waals surface area (Å²) >= 11 is 0. The van der Waals surface area contributed by atoms with Gasteiger partial charge in [0.2, 0.25) is 5.76 Å². The number of benzene rings is 2. The number of nitrogens with one attached hydrogen (secondary N) is 1. The van der Waals surface area contributed by atoms with E-state index in [4.69, 9.17) is 4.52 Å². The average Bonchev–Trinajstić information content (AvgIpc) is 3.24. The van der Waals surface area contributed by atoms with Gasteiger partial charge >= 0.3 is 5.69 Å². The van der Waals surface area contributed by atoms with Crippen molar-refractivity contribution in [1.29, 1.82) is 0 Å². The fourth-order valence-electron chi connectivity index (χ4n) is 2.72. The van der Waals surface area contributed by atoms with Gasteiger partial charge in [-0.1, -0.05) is 53.7 Å². The first-order valence-electron chi connectivity index (χ1n) is 7.68. The van der Waals surface area contributed by atoms with Crippen LogP contribution in [-0.4, -0.2) is 15.1 Å². The molecule has 6 heteroatoms. The summed E-state index contributed by atoms with van der Waals surface area (Å²) in [6, 6.07) is 18.8. The van der Waals surface area contributed by atoms with Gasteiger partial charge in [-0.3, -0.25) is 10.1 Å². The van der Waals surface area contributed by atoms with E-state index in [1.54, 1.807) is 36.4 Å². The van der Waals surface area contributed by atoms with Crippen molar-refractivity contribution in [2.24, 2.45) is 0 Å². The topological polar surface area (TPSA) is 85.0 Å². The number of nitro groups is 1. The summed E-state index contributed by atoms with van der Waals surface area (Å²) in [5.74, 6) is 0.113. The minimum absolute atomic E-state index is 0.113. The molecule has 0 radical (unpaired) electrons. The van der Waals surface area contributed by atoms with Crippen LogP contribution in [0.25, 0.3) is 34.3 Å². The molecule has 0 aliphatic carbocycles. The second kappa shape index (κ2) is 6.09. The highest BCUT2D eigenvalue weighted by atomic mass is 16.6. The third-order valence-corrected chi connectivity index (χ3v) is 3.89. The summed E-state index contributed by atoms with van der Waals surface area (Å²) in [7, 11) is 0. The van der Waals surface area contributed by atoms with Crippen LogP contribution in [0, 0.1) is 10.1 Å². The molecule has 4 rings (SSSR count). The Balaban J connectivity index is 1.73. The van der Waals surface area contributed by atoms with E-state index in [0.717, 1.165) is 16.6 Å². The highest BCUT2D eigenvalue weighted by molar-refractivity contribution is 5.85. The van der Waals surface area contributed by atoms with Gasteiger partial charge in [-0.15, -0.1) is 0 Å². The van der Waals surface area contributed by atoms with Crippen LogP contribution in [0.2, 0.25) is 0 Å². The van der Waals surface area contributed by atoms with E-state index >= 15 is 0 Å². The van der Waals surface area contributed by atoms with Crippen molar-refractivity contribution < 1.29 is 9.45 Å². The first-order valence-corrected chi connectivity index (χ1v) is 7.68. The van der Waals surface area contributed by atoms with Crippen LogP contribution in [0.1, 0.15) is 11.5 Å². The zero-order chi connectivity index (χ0) is 17.2. The molecule has 0 spiro atoms. The van der Waals surface area contributed by atoms with Crippen molar-refractivity contribution >= 4 is 28.7 Å². The number of aromatic amines is 1. The molecule has 122 valence electrons. The number of para-hydroxylation sites is 1. The third kappa shape index (κ3) is 2.81. The van der Waals surface area contributed by atoms with Gasteiger partial charge < -0.3 is 9.51 Å². The Morgan fingerprint density at radius 3 is 2.56 bits per heavy atom. The predicted octanol–water partition coefficient (Wildman–Crippen LogP) is 4.90. The summed E-state index contributed by atoms with van der Waals surface area (Å²) in [6.45, 7) is 0. The lowest BCUT2D eigenvalue weighted by atomic mass is 10.1. The van der Waals surface area contributed by atoms with E-state index in [1.807, 2.05) is 36.4 Å². The summed E-state index contributed by atoms with van der Waals surface area (Å²) in [4.78, 5) is 14.3. The first-order chi connectivity index (χ1) is 12.2. The zero-order valence-electron chi connectivity index (χ0n) is 13.0. The molecule has 0 aliphatic rings. The summed E-state index contributed by atoms with van der Waals surface area (Å²) < 4.78 is 5.21. The second-order valence-electron chi connectivity index (χ2n) is 5.51. The highest BCUT2D eigenvalue weighted by Crippen LogP contribution is 2.33. The summed E-state index contributed by atoms with van der Waals surface area (Å²) in [6.07, 6.45) is 3.30. The third-order valence-electron chi connectivity index (χ3n) is 3.89. The molecule has 0 bridgehead atoms. The molecule has 0 saturated carbocycles. The number of H-pyrrole nitrogens is 1. The van der Waals surface area contributed by atoms with E-state index in [0.29, 0.717) is 5.56 Å². The lowest BCUT2D eigenvalue weighted by Gasteiger charge is -1.94. The molecule has 2 heterocycles. The van der Waals surface area contributed by atoms with E-state index in [-0.39, 0.29) is 17.1 Å². The van der Waals surface area contributed by atoms with Crippen molar-refractivity contribution in [2.75, 3.05) is 0 Å². The first kappa shape index (κ1) is 14.9. The number of hydrogen-bond acceptors (Lipinski definition) is 4. The lowest BCUT2D eigenvalue weighted by Crippen LogP contribution is -1.91. The van der Waals surface area contributed by atoms with Crippen LogP contribution in [0.15, 0.2) is 65.2 Å². The molecule has 2 aromatic carbocycles. The number of hydrogen-bond donors (Lipinski definition) is 1. The van der Waals surface area contributed by atoms with E-state index in [2.05, 4.69) is 10.1 Å². The largest absolute Gasteiger partial charge is 0.355 e. The Labute approximate surface area is 142 Å². The molecule has 0 atom stereocenters. The van der Waals surface area contributed by atoms with Crippen molar-refractivity contribution in [3.05, 3.63) is 82.2 Å². The van der Waals surface area contributed by atoms with Gasteiger partial charge in [0.25, 0.3) is 0 Å². The van der Waals surface area contributed by atoms with Crippen molar-refractivity contribution in [2.45, 2.75) is 0 Å². The molecule has 1 N–H and O–H groups in total. The normalized spacial score (nSPS) is 11.4. The van der Waals surface area contributed by atoms with Crippen LogP contribution < -0.4 is 0 Å². The molecule has 4 aromatic rings. The van der Waals surface area contributed by atoms with Crippen molar-refractivity contribution in [1.82, 2.24) is 10.1 Å². The number of rotatable bonds is 4.